The second-order valence-corrected chi connectivity index (χ2v) is 5.16. The second kappa shape index (κ2) is 6.39. The van der Waals surface area contributed by atoms with Crippen molar-refractivity contribution in [2.75, 3.05) is 11.1 Å². The van der Waals surface area contributed by atoms with Crippen molar-refractivity contribution < 1.29 is 4.79 Å². The Labute approximate surface area is 124 Å². The summed E-state index contributed by atoms with van der Waals surface area (Å²) in [6, 6.07) is 5.49. The highest BCUT2D eigenvalue weighted by Gasteiger charge is 2.07. The SMILES string of the molecule is Cc1nc(C)n(CCCC(=O)Nc2cc(N)ccc2C)n1. The van der Waals surface area contributed by atoms with Crippen LogP contribution in [-0.2, 0) is 11.3 Å². The highest BCUT2D eigenvalue weighted by Crippen LogP contribution is 2.18. The van der Waals surface area contributed by atoms with Gasteiger partial charge >= 0.3 is 0 Å². The molecule has 1 heterocycles. The quantitative estimate of drug-likeness (QED) is 0.825. The topological polar surface area (TPSA) is 85.8 Å². The number of anilines is 2. The maximum Gasteiger partial charge on any atom is 0.224 e. The van der Waals surface area contributed by atoms with Crippen LogP contribution < -0.4 is 11.1 Å². The smallest absolute Gasteiger partial charge is 0.224 e. The van der Waals surface area contributed by atoms with E-state index in [1.165, 1.54) is 0 Å². The Hall–Kier alpha value is -2.37. The number of amides is 1. The van der Waals surface area contributed by atoms with Gasteiger partial charge < -0.3 is 11.1 Å². The van der Waals surface area contributed by atoms with Gasteiger partial charge in [-0.25, -0.2) is 4.98 Å². The zero-order chi connectivity index (χ0) is 15.4. The first kappa shape index (κ1) is 15.0. The highest BCUT2D eigenvalue weighted by molar-refractivity contribution is 5.91. The van der Waals surface area contributed by atoms with Gasteiger partial charge in [-0.1, -0.05) is 6.07 Å². The van der Waals surface area contributed by atoms with Crippen molar-refractivity contribution in [3.05, 3.63) is 35.4 Å². The summed E-state index contributed by atoms with van der Waals surface area (Å²) in [4.78, 5) is 16.2. The molecule has 0 saturated carbocycles. The van der Waals surface area contributed by atoms with E-state index in [1.807, 2.05) is 37.6 Å². The molecule has 0 saturated heterocycles. The van der Waals surface area contributed by atoms with E-state index in [4.69, 9.17) is 5.73 Å². The average molecular weight is 287 g/mol. The molecule has 3 N–H and O–H groups in total. The fraction of sp³-hybridized carbons (Fsp3) is 0.400. The van der Waals surface area contributed by atoms with Crippen molar-refractivity contribution in [1.29, 1.82) is 0 Å². The van der Waals surface area contributed by atoms with Crippen molar-refractivity contribution in [1.82, 2.24) is 14.8 Å². The Morgan fingerprint density at radius 1 is 1.33 bits per heavy atom. The minimum absolute atomic E-state index is 0.0156. The summed E-state index contributed by atoms with van der Waals surface area (Å²) in [5.41, 5.74) is 8.14. The monoisotopic (exact) mass is 287 g/mol. The van der Waals surface area contributed by atoms with E-state index in [1.54, 1.807) is 6.07 Å². The summed E-state index contributed by atoms with van der Waals surface area (Å²) < 4.78 is 1.83. The third-order valence-corrected chi connectivity index (χ3v) is 3.27. The van der Waals surface area contributed by atoms with E-state index in [2.05, 4.69) is 15.4 Å². The summed E-state index contributed by atoms with van der Waals surface area (Å²) in [5, 5.41) is 7.17. The first-order valence-electron chi connectivity index (χ1n) is 7.00. The number of nitrogens with two attached hydrogens (primary N) is 1. The van der Waals surface area contributed by atoms with Gasteiger partial charge in [0.2, 0.25) is 5.91 Å². The van der Waals surface area contributed by atoms with Gasteiger partial charge in [0.1, 0.15) is 11.6 Å². The van der Waals surface area contributed by atoms with Crippen LogP contribution in [0, 0.1) is 20.8 Å². The van der Waals surface area contributed by atoms with Crippen LogP contribution in [0.4, 0.5) is 11.4 Å². The number of rotatable bonds is 5. The number of hydrogen-bond acceptors (Lipinski definition) is 4. The summed E-state index contributed by atoms with van der Waals surface area (Å²) in [7, 11) is 0. The molecule has 2 rings (SSSR count). The number of benzene rings is 1. The van der Waals surface area contributed by atoms with Crippen LogP contribution in [0.25, 0.3) is 0 Å². The third kappa shape index (κ3) is 4.05. The molecule has 0 fully saturated rings. The fourth-order valence-corrected chi connectivity index (χ4v) is 2.15. The van der Waals surface area contributed by atoms with E-state index >= 15 is 0 Å². The molecule has 6 nitrogen and oxygen atoms in total. The van der Waals surface area contributed by atoms with Crippen LogP contribution in [0.15, 0.2) is 18.2 Å². The van der Waals surface area contributed by atoms with Crippen LogP contribution in [0.5, 0.6) is 0 Å². The lowest BCUT2D eigenvalue weighted by atomic mass is 10.1. The van der Waals surface area contributed by atoms with Gasteiger partial charge in [0.25, 0.3) is 0 Å². The summed E-state index contributed by atoms with van der Waals surface area (Å²) in [6.45, 7) is 6.40. The lowest BCUT2D eigenvalue weighted by Gasteiger charge is -2.09. The van der Waals surface area contributed by atoms with Gasteiger partial charge in [-0.3, -0.25) is 9.48 Å². The Bertz CT molecular complexity index is 648. The van der Waals surface area contributed by atoms with Crippen molar-refractivity contribution in [2.45, 2.75) is 40.2 Å². The lowest BCUT2D eigenvalue weighted by molar-refractivity contribution is -0.116. The maximum atomic E-state index is 12.0. The van der Waals surface area contributed by atoms with Crippen LogP contribution in [0.3, 0.4) is 0 Å². The van der Waals surface area contributed by atoms with E-state index in [9.17, 15) is 4.79 Å². The van der Waals surface area contributed by atoms with Crippen molar-refractivity contribution >= 4 is 17.3 Å². The molecular weight excluding hydrogens is 266 g/mol. The minimum atomic E-state index is -0.0156. The summed E-state index contributed by atoms with van der Waals surface area (Å²) >= 11 is 0. The predicted molar refractivity (Wildman–Crippen MR) is 83.0 cm³/mol. The van der Waals surface area contributed by atoms with E-state index in [0.29, 0.717) is 18.7 Å². The normalized spacial score (nSPS) is 10.6. The lowest BCUT2D eigenvalue weighted by Crippen LogP contribution is -2.14. The van der Waals surface area contributed by atoms with Crippen molar-refractivity contribution in [3.8, 4) is 0 Å². The number of nitrogen functional groups attached to an aromatic ring is 1. The molecule has 2 aromatic rings. The van der Waals surface area contributed by atoms with Crippen LogP contribution in [0.1, 0.15) is 30.1 Å². The van der Waals surface area contributed by atoms with E-state index in [0.717, 1.165) is 29.3 Å². The predicted octanol–water partition coefficient (Wildman–Crippen LogP) is 2.20. The molecule has 0 unspecified atom stereocenters. The Morgan fingerprint density at radius 2 is 2.10 bits per heavy atom. The van der Waals surface area contributed by atoms with Gasteiger partial charge in [-0.15, -0.1) is 0 Å². The fourth-order valence-electron chi connectivity index (χ4n) is 2.15. The van der Waals surface area contributed by atoms with Crippen molar-refractivity contribution in [2.24, 2.45) is 0 Å². The molecule has 21 heavy (non-hydrogen) atoms. The number of nitrogens with one attached hydrogen (secondary N) is 1. The summed E-state index contributed by atoms with van der Waals surface area (Å²) in [6.07, 6.45) is 1.16. The number of carbonyl (C=O) groups is 1. The first-order chi connectivity index (χ1) is 9.95. The molecule has 1 aromatic heterocycles. The van der Waals surface area contributed by atoms with Gasteiger partial charge in [0, 0.05) is 24.3 Å². The number of aromatic nitrogens is 3. The zero-order valence-electron chi connectivity index (χ0n) is 12.7. The molecule has 0 spiro atoms. The van der Waals surface area contributed by atoms with E-state index in [-0.39, 0.29) is 5.91 Å². The molecule has 1 amide bonds. The minimum Gasteiger partial charge on any atom is -0.399 e. The number of aryl methyl sites for hydroxylation is 4. The van der Waals surface area contributed by atoms with Gasteiger partial charge in [0.05, 0.1) is 0 Å². The molecule has 0 bridgehead atoms. The number of hydrogen-bond donors (Lipinski definition) is 2. The molecule has 112 valence electrons. The molecule has 0 aliphatic heterocycles. The Balaban J connectivity index is 1.85. The number of nitrogens with zero attached hydrogens (tertiary/aromatic N) is 3. The molecule has 0 aliphatic rings. The molecule has 6 heteroatoms. The number of carbonyl (C=O) groups excluding carboxylic acids is 1. The van der Waals surface area contributed by atoms with Gasteiger partial charge in [0.15, 0.2) is 0 Å². The third-order valence-electron chi connectivity index (χ3n) is 3.27. The van der Waals surface area contributed by atoms with Crippen LogP contribution in [0.2, 0.25) is 0 Å². The van der Waals surface area contributed by atoms with Gasteiger partial charge in [-0.2, -0.15) is 5.10 Å². The van der Waals surface area contributed by atoms with Crippen molar-refractivity contribution in [3.63, 3.8) is 0 Å². The van der Waals surface area contributed by atoms with Crippen LogP contribution >= 0.6 is 0 Å². The Morgan fingerprint density at radius 3 is 2.76 bits per heavy atom. The zero-order valence-corrected chi connectivity index (χ0v) is 12.7. The van der Waals surface area contributed by atoms with Crippen LogP contribution in [-0.4, -0.2) is 20.7 Å². The molecular formula is C15H21N5O. The molecule has 1 aromatic carbocycles. The second-order valence-electron chi connectivity index (χ2n) is 5.16. The molecule has 0 radical (unpaired) electrons. The average Bonchev–Trinajstić information content (AvgIpc) is 2.72. The maximum absolute atomic E-state index is 12.0. The highest BCUT2D eigenvalue weighted by atomic mass is 16.1. The first-order valence-corrected chi connectivity index (χ1v) is 7.00. The Kier molecular flexibility index (Phi) is 4.57. The summed E-state index contributed by atoms with van der Waals surface area (Å²) in [5.74, 6) is 1.62. The van der Waals surface area contributed by atoms with Gasteiger partial charge in [-0.05, 0) is 44.9 Å². The molecule has 0 atom stereocenters. The largest absolute Gasteiger partial charge is 0.399 e. The molecule has 0 aliphatic carbocycles. The standard InChI is InChI=1S/C15H21N5O/c1-10-6-7-13(16)9-14(10)18-15(21)5-4-8-20-12(3)17-11(2)19-20/h6-7,9H,4-5,8,16H2,1-3H3,(H,18,21). The van der Waals surface area contributed by atoms with E-state index < -0.39 is 0 Å².